The van der Waals surface area contributed by atoms with Crippen molar-refractivity contribution in [3.63, 3.8) is 0 Å². The second kappa shape index (κ2) is 6.81. The normalized spacial score (nSPS) is 17.9. The molecule has 1 fully saturated rings. The fourth-order valence-corrected chi connectivity index (χ4v) is 3.99. The maximum absolute atomic E-state index is 12.3. The summed E-state index contributed by atoms with van der Waals surface area (Å²) in [5, 5.41) is 3.19. The average Bonchev–Trinajstić information content (AvgIpc) is 3.13. The molecule has 116 valence electrons. The molecule has 1 aliphatic heterocycles. The Kier molecular flexibility index (Phi) is 4.81. The summed E-state index contributed by atoms with van der Waals surface area (Å²) in [7, 11) is 0. The van der Waals surface area contributed by atoms with Crippen LogP contribution in [0.5, 0.6) is 0 Å². The molecule has 22 heavy (non-hydrogen) atoms. The molecule has 3 rings (SSSR count). The molecule has 0 spiro atoms. The van der Waals surface area contributed by atoms with Crippen molar-refractivity contribution < 1.29 is 4.79 Å². The van der Waals surface area contributed by atoms with Crippen molar-refractivity contribution in [2.45, 2.75) is 30.0 Å². The van der Waals surface area contributed by atoms with E-state index in [1.807, 2.05) is 36.1 Å². The van der Waals surface area contributed by atoms with E-state index in [2.05, 4.69) is 10.4 Å². The van der Waals surface area contributed by atoms with Crippen molar-refractivity contribution in [2.24, 2.45) is 5.73 Å². The Morgan fingerprint density at radius 2 is 2.23 bits per heavy atom. The minimum Gasteiger partial charge on any atom is -0.337 e. The van der Waals surface area contributed by atoms with Gasteiger partial charge in [0, 0.05) is 40.7 Å². The molecule has 0 aliphatic carbocycles. The van der Waals surface area contributed by atoms with Gasteiger partial charge in [-0.05, 0) is 37.6 Å². The zero-order chi connectivity index (χ0) is 15.5. The smallest absolute Gasteiger partial charge is 0.253 e. The number of hydrogen-bond acceptors (Lipinski definition) is 5. The van der Waals surface area contributed by atoms with Gasteiger partial charge in [0.1, 0.15) is 0 Å². The highest BCUT2D eigenvalue weighted by atomic mass is 32.2. The Hall–Kier alpha value is -1.37. The number of amides is 1. The molecule has 0 saturated carbocycles. The number of carbonyl (C=O) groups is 1. The van der Waals surface area contributed by atoms with Gasteiger partial charge in [0.2, 0.25) is 0 Å². The number of hydrogen-bond donors (Lipinski definition) is 1. The van der Waals surface area contributed by atoms with E-state index in [4.69, 9.17) is 5.73 Å². The number of thiazole rings is 1. The van der Waals surface area contributed by atoms with Gasteiger partial charge < -0.3 is 10.6 Å². The van der Waals surface area contributed by atoms with Crippen LogP contribution in [0.2, 0.25) is 0 Å². The third-order valence-electron chi connectivity index (χ3n) is 3.67. The van der Waals surface area contributed by atoms with Crippen LogP contribution in [0.4, 0.5) is 0 Å². The van der Waals surface area contributed by atoms with E-state index in [0.717, 1.165) is 39.9 Å². The highest BCUT2D eigenvalue weighted by Gasteiger charge is 2.24. The summed E-state index contributed by atoms with van der Waals surface area (Å²) >= 11 is 3.41. The second-order valence-corrected chi connectivity index (χ2v) is 7.58. The molecule has 1 atom stereocenters. The van der Waals surface area contributed by atoms with Crippen LogP contribution < -0.4 is 5.73 Å². The lowest BCUT2D eigenvalue weighted by molar-refractivity contribution is 0.0791. The van der Waals surface area contributed by atoms with Crippen LogP contribution in [0.3, 0.4) is 0 Å². The van der Waals surface area contributed by atoms with Crippen LogP contribution in [0.25, 0.3) is 0 Å². The molecule has 0 unspecified atom stereocenters. The summed E-state index contributed by atoms with van der Waals surface area (Å²) in [6.07, 6.45) is 0.896. The summed E-state index contributed by atoms with van der Waals surface area (Å²) in [5.74, 6) is 0.943. The highest BCUT2D eigenvalue weighted by Crippen LogP contribution is 2.24. The van der Waals surface area contributed by atoms with Crippen molar-refractivity contribution in [2.75, 3.05) is 13.1 Å². The van der Waals surface area contributed by atoms with Crippen molar-refractivity contribution in [1.82, 2.24) is 9.88 Å². The maximum atomic E-state index is 12.3. The lowest BCUT2D eigenvalue weighted by Gasteiger charge is -2.15. The Morgan fingerprint density at radius 1 is 1.45 bits per heavy atom. The maximum Gasteiger partial charge on any atom is 0.253 e. The van der Waals surface area contributed by atoms with Crippen LogP contribution in [-0.2, 0) is 5.75 Å². The van der Waals surface area contributed by atoms with Gasteiger partial charge in [-0.2, -0.15) is 0 Å². The third kappa shape index (κ3) is 3.69. The Labute approximate surface area is 138 Å². The van der Waals surface area contributed by atoms with Gasteiger partial charge in [0.25, 0.3) is 5.91 Å². The van der Waals surface area contributed by atoms with Gasteiger partial charge >= 0.3 is 0 Å². The van der Waals surface area contributed by atoms with Crippen LogP contribution in [-0.4, -0.2) is 34.9 Å². The molecule has 0 bridgehead atoms. The molecule has 1 aromatic heterocycles. The Balaban J connectivity index is 1.59. The van der Waals surface area contributed by atoms with Gasteiger partial charge in [-0.3, -0.25) is 4.79 Å². The van der Waals surface area contributed by atoms with E-state index >= 15 is 0 Å². The fraction of sp³-hybridized carbons (Fsp3) is 0.375. The quantitative estimate of drug-likeness (QED) is 0.874. The SMILES string of the molecule is Cc1nc(CSc2ccc(C(=O)N3CC[C@@H](N)C3)cc2)cs1. The van der Waals surface area contributed by atoms with E-state index in [9.17, 15) is 4.79 Å². The summed E-state index contributed by atoms with van der Waals surface area (Å²) < 4.78 is 0. The first-order valence-electron chi connectivity index (χ1n) is 7.30. The predicted molar refractivity (Wildman–Crippen MR) is 91.3 cm³/mol. The van der Waals surface area contributed by atoms with Crippen molar-refractivity contribution >= 4 is 29.0 Å². The first-order chi connectivity index (χ1) is 10.6. The molecule has 4 nitrogen and oxygen atoms in total. The topological polar surface area (TPSA) is 59.2 Å². The first-order valence-corrected chi connectivity index (χ1v) is 9.17. The number of likely N-dealkylation sites (tertiary alicyclic amines) is 1. The number of carbonyl (C=O) groups excluding carboxylic acids is 1. The monoisotopic (exact) mass is 333 g/mol. The van der Waals surface area contributed by atoms with Crippen molar-refractivity contribution in [3.8, 4) is 0 Å². The lowest BCUT2D eigenvalue weighted by atomic mass is 10.2. The van der Waals surface area contributed by atoms with Gasteiger partial charge in [0.05, 0.1) is 10.7 Å². The van der Waals surface area contributed by atoms with Crippen LogP contribution in [0, 0.1) is 6.92 Å². The van der Waals surface area contributed by atoms with Crippen LogP contribution >= 0.6 is 23.1 Å². The average molecular weight is 333 g/mol. The van der Waals surface area contributed by atoms with Crippen molar-refractivity contribution in [1.29, 1.82) is 0 Å². The van der Waals surface area contributed by atoms with E-state index in [1.165, 1.54) is 0 Å². The third-order valence-corrected chi connectivity index (χ3v) is 5.53. The molecule has 1 aliphatic rings. The zero-order valence-electron chi connectivity index (χ0n) is 12.5. The molecule has 1 amide bonds. The standard InChI is InChI=1S/C16H19N3OS2/c1-11-18-14(9-21-11)10-22-15-4-2-12(3-5-15)16(20)19-7-6-13(17)8-19/h2-5,9,13H,6-8,10,17H2,1H3/t13-/m1/s1. The van der Waals surface area contributed by atoms with Gasteiger partial charge in [-0.1, -0.05) is 0 Å². The molecule has 2 N–H and O–H groups in total. The van der Waals surface area contributed by atoms with Crippen molar-refractivity contribution in [3.05, 3.63) is 45.9 Å². The Morgan fingerprint density at radius 3 is 2.82 bits per heavy atom. The van der Waals surface area contributed by atoms with Gasteiger partial charge in [0.15, 0.2) is 0 Å². The minimum absolute atomic E-state index is 0.0830. The summed E-state index contributed by atoms with van der Waals surface area (Å²) in [5.41, 5.74) is 7.71. The number of aryl methyl sites for hydroxylation is 1. The summed E-state index contributed by atoms with van der Waals surface area (Å²) in [6, 6.07) is 7.95. The highest BCUT2D eigenvalue weighted by molar-refractivity contribution is 7.98. The number of thioether (sulfide) groups is 1. The second-order valence-electron chi connectivity index (χ2n) is 5.47. The number of nitrogens with zero attached hydrogens (tertiary/aromatic N) is 2. The molecule has 1 aromatic carbocycles. The van der Waals surface area contributed by atoms with E-state index in [-0.39, 0.29) is 11.9 Å². The number of aromatic nitrogens is 1. The first kappa shape index (κ1) is 15.5. The number of benzene rings is 1. The van der Waals surface area contributed by atoms with E-state index in [1.54, 1.807) is 23.1 Å². The van der Waals surface area contributed by atoms with Gasteiger partial charge in [-0.15, -0.1) is 23.1 Å². The Bertz CT molecular complexity index is 654. The van der Waals surface area contributed by atoms with E-state index < -0.39 is 0 Å². The summed E-state index contributed by atoms with van der Waals surface area (Å²) in [4.78, 5) is 19.8. The zero-order valence-corrected chi connectivity index (χ0v) is 14.1. The predicted octanol–water partition coefficient (Wildman–Crippen LogP) is 2.92. The molecule has 6 heteroatoms. The largest absolute Gasteiger partial charge is 0.337 e. The molecular weight excluding hydrogens is 314 g/mol. The van der Waals surface area contributed by atoms with Gasteiger partial charge in [-0.25, -0.2) is 4.98 Å². The number of nitrogens with two attached hydrogens (primary N) is 1. The molecule has 2 aromatic rings. The molecular formula is C16H19N3OS2. The fourth-order valence-electron chi connectivity index (χ4n) is 2.48. The number of rotatable bonds is 4. The van der Waals surface area contributed by atoms with E-state index in [0.29, 0.717) is 6.54 Å². The lowest BCUT2D eigenvalue weighted by Crippen LogP contribution is -2.31. The minimum atomic E-state index is 0.0830. The molecule has 1 saturated heterocycles. The van der Waals surface area contributed by atoms with Crippen LogP contribution in [0.15, 0.2) is 34.5 Å². The molecule has 0 radical (unpaired) electrons. The molecule has 2 heterocycles. The summed E-state index contributed by atoms with van der Waals surface area (Å²) in [6.45, 7) is 3.45. The van der Waals surface area contributed by atoms with Crippen LogP contribution in [0.1, 0.15) is 27.5 Å².